The zero-order valence-corrected chi connectivity index (χ0v) is 17.1. The predicted octanol–water partition coefficient (Wildman–Crippen LogP) is 6.22. The standard InChI is InChI=1S/C12H20O2.C10H18O/c1-10(2)6-4-7-11(3)8-5-9-12(13)14;1-9(2)5-4-6-10(3)7-8-11/h6,8H,4-5,7,9H2,1-3H3,(H,13,14);5,7,11H,4,6,8H2,1-3H3/b11-8+;10-7+. The van der Waals surface area contributed by atoms with Crippen molar-refractivity contribution in [2.45, 2.75) is 80.1 Å². The average molecular weight is 351 g/mol. The first kappa shape index (κ1) is 25.6. The highest BCUT2D eigenvalue weighted by Gasteiger charge is 1.94. The van der Waals surface area contributed by atoms with Gasteiger partial charge < -0.3 is 10.2 Å². The first-order valence-electron chi connectivity index (χ1n) is 9.09. The molecule has 0 fully saturated rings. The summed E-state index contributed by atoms with van der Waals surface area (Å²) in [6, 6.07) is 0. The highest BCUT2D eigenvalue weighted by molar-refractivity contribution is 5.66. The number of carbonyl (C=O) groups is 1. The van der Waals surface area contributed by atoms with Gasteiger partial charge in [0.1, 0.15) is 0 Å². The number of carboxylic acid groups (broad SMARTS) is 1. The molecule has 0 amide bonds. The van der Waals surface area contributed by atoms with Gasteiger partial charge in [-0.05, 0) is 73.6 Å². The van der Waals surface area contributed by atoms with Crippen LogP contribution in [0.15, 0.2) is 46.6 Å². The summed E-state index contributed by atoms with van der Waals surface area (Å²) in [7, 11) is 0. The number of hydrogen-bond acceptors (Lipinski definition) is 2. The van der Waals surface area contributed by atoms with Crippen LogP contribution >= 0.6 is 0 Å². The van der Waals surface area contributed by atoms with Crippen molar-refractivity contribution >= 4 is 5.97 Å². The van der Waals surface area contributed by atoms with Gasteiger partial charge >= 0.3 is 5.97 Å². The van der Waals surface area contributed by atoms with Gasteiger partial charge in [0.05, 0.1) is 6.61 Å². The third-order valence-electron chi connectivity index (χ3n) is 3.47. The Kier molecular flexibility index (Phi) is 17.7. The van der Waals surface area contributed by atoms with Gasteiger partial charge in [-0.2, -0.15) is 0 Å². The summed E-state index contributed by atoms with van der Waals surface area (Å²) in [6.07, 6.45) is 13.4. The van der Waals surface area contributed by atoms with E-state index in [4.69, 9.17) is 10.2 Å². The minimum absolute atomic E-state index is 0.167. The first-order chi connectivity index (χ1) is 11.7. The number of carboxylic acids is 1. The van der Waals surface area contributed by atoms with E-state index in [0.29, 0.717) is 6.42 Å². The van der Waals surface area contributed by atoms with Crippen LogP contribution in [0.2, 0.25) is 0 Å². The lowest BCUT2D eigenvalue weighted by Gasteiger charge is -1.98. The van der Waals surface area contributed by atoms with E-state index in [1.807, 2.05) is 12.2 Å². The summed E-state index contributed by atoms with van der Waals surface area (Å²) in [6.45, 7) is 12.7. The van der Waals surface area contributed by atoms with Gasteiger partial charge in [-0.15, -0.1) is 0 Å². The summed E-state index contributed by atoms with van der Waals surface area (Å²) in [4.78, 5) is 10.2. The Morgan fingerprint density at radius 1 is 0.680 bits per heavy atom. The highest BCUT2D eigenvalue weighted by atomic mass is 16.4. The summed E-state index contributed by atoms with van der Waals surface area (Å²) < 4.78 is 0. The summed E-state index contributed by atoms with van der Waals surface area (Å²) in [5.74, 6) is -0.724. The van der Waals surface area contributed by atoms with E-state index in [2.05, 4.69) is 53.7 Å². The molecule has 0 saturated carbocycles. The number of allylic oxidation sites excluding steroid dienone is 7. The van der Waals surface area contributed by atoms with Crippen LogP contribution in [-0.2, 0) is 4.79 Å². The molecule has 0 aromatic rings. The van der Waals surface area contributed by atoms with Gasteiger partial charge in [0.2, 0.25) is 0 Å². The van der Waals surface area contributed by atoms with Crippen molar-refractivity contribution < 1.29 is 15.0 Å². The second kappa shape index (κ2) is 17.2. The molecule has 0 aliphatic rings. The molecule has 25 heavy (non-hydrogen) atoms. The van der Waals surface area contributed by atoms with Gasteiger partial charge in [0.25, 0.3) is 0 Å². The fourth-order valence-corrected chi connectivity index (χ4v) is 1.98. The molecule has 0 unspecified atom stereocenters. The third kappa shape index (κ3) is 24.8. The second-order valence-corrected chi connectivity index (χ2v) is 6.86. The molecule has 0 aromatic carbocycles. The maximum Gasteiger partial charge on any atom is 0.303 e. The van der Waals surface area contributed by atoms with Crippen LogP contribution in [0.25, 0.3) is 0 Å². The fourth-order valence-electron chi connectivity index (χ4n) is 1.98. The van der Waals surface area contributed by atoms with Crippen molar-refractivity contribution in [3.8, 4) is 0 Å². The van der Waals surface area contributed by atoms with Crippen molar-refractivity contribution in [2.24, 2.45) is 0 Å². The Labute approximate surface area is 154 Å². The molecule has 0 heterocycles. The van der Waals surface area contributed by atoms with Crippen LogP contribution in [0.4, 0.5) is 0 Å². The van der Waals surface area contributed by atoms with E-state index in [1.54, 1.807) is 0 Å². The van der Waals surface area contributed by atoms with Crippen LogP contribution in [0.1, 0.15) is 80.1 Å². The van der Waals surface area contributed by atoms with E-state index in [-0.39, 0.29) is 13.0 Å². The maximum atomic E-state index is 10.2. The smallest absolute Gasteiger partial charge is 0.303 e. The predicted molar refractivity (Wildman–Crippen MR) is 109 cm³/mol. The molecule has 0 rings (SSSR count). The van der Waals surface area contributed by atoms with E-state index in [1.165, 1.54) is 22.3 Å². The van der Waals surface area contributed by atoms with Crippen LogP contribution in [0.3, 0.4) is 0 Å². The van der Waals surface area contributed by atoms with Gasteiger partial charge in [0.15, 0.2) is 0 Å². The molecular formula is C22H38O3. The summed E-state index contributed by atoms with van der Waals surface area (Å²) in [5, 5.41) is 17.0. The van der Waals surface area contributed by atoms with Gasteiger partial charge in [0, 0.05) is 6.42 Å². The van der Waals surface area contributed by atoms with Gasteiger partial charge in [-0.3, -0.25) is 4.79 Å². The van der Waals surface area contributed by atoms with E-state index >= 15 is 0 Å². The molecule has 0 radical (unpaired) electrons. The van der Waals surface area contributed by atoms with Crippen molar-refractivity contribution in [2.75, 3.05) is 6.61 Å². The largest absolute Gasteiger partial charge is 0.481 e. The van der Waals surface area contributed by atoms with Crippen LogP contribution < -0.4 is 0 Å². The van der Waals surface area contributed by atoms with Crippen molar-refractivity contribution in [1.82, 2.24) is 0 Å². The molecule has 0 atom stereocenters. The maximum absolute atomic E-state index is 10.2. The van der Waals surface area contributed by atoms with Crippen molar-refractivity contribution in [3.05, 3.63) is 46.6 Å². The third-order valence-corrected chi connectivity index (χ3v) is 3.47. The number of aliphatic carboxylic acids is 1. The zero-order chi connectivity index (χ0) is 19.7. The molecule has 0 aliphatic heterocycles. The lowest BCUT2D eigenvalue weighted by atomic mass is 10.1. The molecule has 0 aliphatic carbocycles. The van der Waals surface area contributed by atoms with Crippen molar-refractivity contribution in [3.63, 3.8) is 0 Å². The Balaban J connectivity index is 0. The van der Waals surface area contributed by atoms with E-state index in [9.17, 15) is 4.79 Å². The Hall–Kier alpha value is -1.61. The molecule has 0 spiro atoms. The molecule has 2 N–H and O–H groups in total. The molecule has 144 valence electrons. The molecule has 3 nitrogen and oxygen atoms in total. The Bertz CT molecular complexity index is 472. The van der Waals surface area contributed by atoms with E-state index < -0.39 is 5.97 Å². The summed E-state index contributed by atoms with van der Waals surface area (Å²) in [5.41, 5.74) is 5.25. The highest BCUT2D eigenvalue weighted by Crippen LogP contribution is 2.08. The summed E-state index contributed by atoms with van der Waals surface area (Å²) >= 11 is 0. The zero-order valence-electron chi connectivity index (χ0n) is 17.1. The number of rotatable bonds is 10. The molecule has 3 heteroatoms. The van der Waals surface area contributed by atoms with Crippen LogP contribution in [-0.4, -0.2) is 22.8 Å². The Morgan fingerprint density at radius 2 is 1.08 bits per heavy atom. The minimum atomic E-state index is -0.724. The van der Waals surface area contributed by atoms with Crippen molar-refractivity contribution in [1.29, 1.82) is 0 Å². The second-order valence-electron chi connectivity index (χ2n) is 6.86. The normalized spacial score (nSPS) is 11.3. The number of aliphatic hydroxyl groups is 1. The van der Waals surface area contributed by atoms with Crippen LogP contribution in [0, 0.1) is 0 Å². The topological polar surface area (TPSA) is 57.5 Å². The SMILES string of the molecule is CC(C)=CCC/C(C)=C/CCC(=O)O.CC(C)=CCC/C(C)=C/CO. The minimum Gasteiger partial charge on any atom is -0.481 e. The average Bonchev–Trinajstić information content (AvgIpc) is 2.47. The molecular weight excluding hydrogens is 312 g/mol. The first-order valence-corrected chi connectivity index (χ1v) is 9.09. The molecule has 0 bridgehead atoms. The van der Waals surface area contributed by atoms with Gasteiger partial charge in [-0.1, -0.05) is 46.6 Å². The number of hydrogen-bond donors (Lipinski definition) is 2. The fraction of sp³-hybridized carbons (Fsp3) is 0.591. The molecule has 0 aromatic heterocycles. The molecule has 0 saturated heterocycles. The Morgan fingerprint density at radius 3 is 1.44 bits per heavy atom. The number of aliphatic hydroxyl groups excluding tert-OH is 1. The lowest BCUT2D eigenvalue weighted by Crippen LogP contribution is -1.92. The van der Waals surface area contributed by atoms with E-state index in [0.717, 1.165) is 25.7 Å². The lowest BCUT2D eigenvalue weighted by molar-refractivity contribution is -0.136. The quantitative estimate of drug-likeness (QED) is 0.460. The monoisotopic (exact) mass is 350 g/mol. The van der Waals surface area contributed by atoms with Crippen LogP contribution in [0.5, 0.6) is 0 Å². The van der Waals surface area contributed by atoms with Gasteiger partial charge in [-0.25, -0.2) is 0 Å².